The van der Waals surface area contributed by atoms with Crippen molar-refractivity contribution in [2.24, 2.45) is 0 Å². The molecule has 2 unspecified atom stereocenters. The molecule has 2 atom stereocenters. The van der Waals surface area contributed by atoms with Gasteiger partial charge in [-0.1, -0.05) is 15.9 Å². The summed E-state index contributed by atoms with van der Waals surface area (Å²) in [6, 6.07) is 6.50. The molecule has 0 fully saturated rings. The zero-order chi connectivity index (χ0) is 12.3. The monoisotopic (exact) mass is 293 g/mol. The van der Waals surface area contributed by atoms with E-state index in [0.717, 1.165) is 29.6 Å². The first-order valence-electron chi connectivity index (χ1n) is 5.81. The maximum atomic E-state index is 5.86. The first-order valence-corrected chi connectivity index (χ1v) is 6.60. The zero-order valence-electron chi connectivity index (χ0n) is 9.87. The number of terminal acetylenes is 1. The molecule has 0 saturated heterocycles. The van der Waals surface area contributed by atoms with E-state index in [0.29, 0.717) is 6.04 Å². The van der Waals surface area contributed by atoms with Crippen molar-refractivity contribution in [3.63, 3.8) is 0 Å². The van der Waals surface area contributed by atoms with Gasteiger partial charge in [0.25, 0.3) is 0 Å². The van der Waals surface area contributed by atoms with Gasteiger partial charge in [0.15, 0.2) is 0 Å². The highest BCUT2D eigenvalue weighted by Gasteiger charge is 2.22. The summed E-state index contributed by atoms with van der Waals surface area (Å²) in [5.41, 5.74) is 1.27. The van der Waals surface area contributed by atoms with Crippen LogP contribution in [0.1, 0.15) is 18.9 Å². The molecule has 3 heteroatoms. The first-order chi connectivity index (χ1) is 8.19. The maximum absolute atomic E-state index is 5.86. The van der Waals surface area contributed by atoms with E-state index in [-0.39, 0.29) is 6.10 Å². The van der Waals surface area contributed by atoms with Crippen LogP contribution in [0, 0.1) is 12.3 Å². The minimum atomic E-state index is 0.222. The van der Waals surface area contributed by atoms with Gasteiger partial charge in [-0.15, -0.1) is 12.3 Å². The van der Waals surface area contributed by atoms with Crippen LogP contribution in [-0.2, 0) is 6.42 Å². The fraction of sp³-hybridized carbons (Fsp3) is 0.429. The normalized spacial score (nSPS) is 19.2. The summed E-state index contributed by atoms with van der Waals surface area (Å²) in [6.45, 7) is 2.94. The summed E-state index contributed by atoms with van der Waals surface area (Å²) < 4.78 is 6.96. The molecule has 1 N–H and O–H groups in total. The fourth-order valence-electron chi connectivity index (χ4n) is 1.98. The highest BCUT2D eigenvalue weighted by Crippen LogP contribution is 2.30. The third-order valence-electron chi connectivity index (χ3n) is 2.88. The number of ether oxygens (including phenoxy) is 1. The van der Waals surface area contributed by atoms with Crippen molar-refractivity contribution in [2.45, 2.75) is 31.9 Å². The van der Waals surface area contributed by atoms with Gasteiger partial charge in [-0.2, -0.15) is 0 Å². The number of halogens is 1. The van der Waals surface area contributed by atoms with Gasteiger partial charge in [-0.3, -0.25) is 0 Å². The quantitative estimate of drug-likeness (QED) is 0.862. The van der Waals surface area contributed by atoms with E-state index in [2.05, 4.69) is 40.2 Å². The number of nitrogens with one attached hydrogen (secondary N) is 1. The molecule has 0 aromatic heterocycles. The molecule has 0 amide bonds. The van der Waals surface area contributed by atoms with E-state index in [1.807, 2.05) is 12.1 Å². The van der Waals surface area contributed by atoms with Gasteiger partial charge < -0.3 is 10.1 Å². The molecule has 2 rings (SSSR count). The minimum Gasteiger partial charge on any atom is -0.488 e. The lowest BCUT2D eigenvalue weighted by molar-refractivity contribution is 0.223. The largest absolute Gasteiger partial charge is 0.488 e. The average Bonchev–Trinajstić information content (AvgIpc) is 2.68. The number of benzene rings is 1. The molecule has 2 nitrogen and oxygen atoms in total. The van der Waals surface area contributed by atoms with E-state index in [4.69, 9.17) is 11.2 Å². The van der Waals surface area contributed by atoms with Crippen molar-refractivity contribution < 1.29 is 4.74 Å². The summed E-state index contributed by atoms with van der Waals surface area (Å²) in [4.78, 5) is 0. The van der Waals surface area contributed by atoms with E-state index in [1.165, 1.54) is 5.56 Å². The Labute approximate surface area is 111 Å². The summed E-state index contributed by atoms with van der Waals surface area (Å²) in [6.07, 6.45) is 7.21. The Hall–Kier alpha value is -0.980. The van der Waals surface area contributed by atoms with Gasteiger partial charge in [0.05, 0.1) is 0 Å². The van der Waals surface area contributed by atoms with Gasteiger partial charge in [0, 0.05) is 29.9 Å². The molecule has 1 aliphatic heterocycles. The average molecular weight is 294 g/mol. The second-order valence-corrected chi connectivity index (χ2v) is 5.33. The third kappa shape index (κ3) is 3.24. The molecule has 0 saturated carbocycles. The van der Waals surface area contributed by atoms with Crippen LogP contribution in [0.4, 0.5) is 0 Å². The van der Waals surface area contributed by atoms with E-state index in [9.17, 15) is 0 Å². The molecule has 0 radical (unpaired) electrons. The second-order valence-electron chi connectivity index (χ2n) is 4.41. The van der Waals surface area contributed by atoms with Crippen LogP contribution in [0.2, 0.25) is 0 Å². The van der Waals surface area contributed by atoms with Crippen LogP contribution < -0.4 is 10.1 Å². The SMILES string of the molecule is C#CCC(C)NCC1Cc2cc(Br)ccc2O1. The number of hydrogen-bond acceptors (Lipinski definition) is 2. The van der Waals surface area contributed by atoms with Crippen molar-refractivity contribution in [3.8, 4) is 18.1 Å². The van der Waals surface area contributed by atoms with Gasteiger partial charge >= 0.3 is 0 Å². The maximum Gasteiger partial charge on any atom is 0.123 e. The zero-order valence-corrected chi connectivity index (χ0v) is 11.5. The second kappa shape index (κ2) is 5.57. The van der Waals surface area contributed by atoms with E-state index >= 15 is 0 Å². The fourth-order valence-corrected chi connectivity index (χ4v) is 2.39. The first kappa shape index (κ1) is 12.5. The van der Waals surface area contributed by atoms with Crippen LogP contribution in [0.5, 0.6) is 5.75 Å². The Balaban J connectivity index is 1.86. The Morgan fingerprint density at radius 1 is 1.65 bits per heavy atom. The Kier molecular flexibility index (Phi) is 4.09. The molecule has 17 heavy (non-hydrogen) atoms. The Bertz CT molecular complexity index is 438. The molecule has 0 bridgehead atoms. The van der Waals surface area contributed by atoms with E-state index in [1.54, 1.807) is 0 Å². The summed E-state index contributed by atoms with van der Waals surface area (Å²) in [7, 11) is 0. The lowest BCUT2D eigenvalue weighted by atomic mass is 10.1. The molecule has 0 spiro atoms. The predicted molar refractivity (Wildman–Crippen MR) is 73.2 cm³/mol. The Morgan fingerprint density at radius 3 is 3.24 bits per heavy atom. The standard InChI is InChI=1S/C14H16BrNO/c1-3-4-10(2)16-9-13-8-11-7-12(15)5-6-14(11)17-13/h1,5-7,10,13,16H,4,8-9H2,2H3. The molecular weight excluding hydrogens is 278 g/mol. The molecule has 90 valence electrons. The van der Waals surface area contributed by atoms with Gasteiger partial charge in [-0.05, 0) is 30.7 Å². The molecule has 1 heterocycles. The van der Waals surface area contributed by atoms with Crippen molar-refractivity contribution in [2.75, 3.05) is 6.54 Å². The van der Waals surface area contributed by atoms with Crippen LogP contribution in [0.25, 0.3) is 0 Å². The van der Waals surface area contributed by atoms with Gasteiger partial charge in [0.2, 0.25) is 0 Å². The van der Waals surface area contributed by atoms with Gasteiger partial charge in [-0.25, -0.2) is 0 Å². The number of fused-ring (bicyclic) bond motifs is 1. The summed E-state index contributed by atoms with van der Waals surface area (Å²) >= 11 is 3.47. The summed E-state index contributed by atoms with van der Waals surface area (Å²) in [5.74, 6) is 3.66. The molecule has 1 aliphatic rings. The number of hydrogen-bond donors (Lipinski definition) is 1. The summed E-state index contributed by atoms with van der Waals surface area (Å²) in [5, 5.41) is 3.40. The van der Waals surface area contributed by atoms with Crippen molar-refractivity contribution in [1.29, 1.82) is 0 Å². The minimum absolute atomic E-state index is 0.222. The molecule has 0 aliphatic carbocycles. The highest BCUT2D eigenvalue weighted by atomic mass is 79.9. The molecule has 1 aromatic carbocycles. The topological polar surface area (TPSA) is 21.3 Å². The van der Waals surface area contributed by atoms with Crippen molar-refractivity contribution in [3.05, 3.63) is 28.2 Å². The number of rotatable bonds is 4. The van der Waals surface area contributed by atoms with Crippen LogP contribution in [0.15, 0.2) is 22.7 Å². The third-order valence-corrected chi connectivity index (χ3v) is 3.38. The molecular formula is C14H16BrNO. The molecule has 1 aromatic rings. The van der Waals surface area contributed by atoms with Crippen LogP contribution >= 0.6 is 15.9 Å². The Morgan fingerprint density at radius 2 is 2.47 bits per heavy atom. The van der Waals surface area contributed by atoms with Crippen molar-refractivity contribution in [1.82, 2.24) is 5.32 Å². The predicted octanol–water partition coefficient (Wildman–Crippen LogP) is 2.75. The van der Waals surface area contributed by atoms with Crippen LogP contribution in [0.3, 0.4) is 0 Å². The van der Waals surface area contributed by atoms with E-state index < -0.39 is 0 Å². The lowest BCUT2D eigenvalue weighted by Gasteiger charge is -2.15. The highest BCUT2D eigenvalue weighted by molar-refractivity contribution is 9.10. The van der Waals surface area contributed by atoms with Crippen LogP contribution in [-0.4, -0.2) is 18.7 Å². The van der Waals surface area contributed by atoms with Gasteiger partial charge in [0.1, 0.15) is 11.9 Å². The van der Waals surface area contributed by atoms with Crippen molar-refractivity contribution >= 4 is 15.9 Å². The smallest absolute Gasteiger partial charge is 0.123 e. The lowest BCUT2D eigenvalue weighted by Crippen LogP contribution is -2.35.